The van der Waals surface area contributed by atoms with Crippen LogP contribution >= 0.6 is 22.9 Å². The van der Waals surface area contributed by atoms with Crippen LogP contribution < -0.4 is 15.8 Å². The molecule has 0 saturated heterocycles. The summed E-state index contributed by atoms with van der Waals surface area (Å²) in [6.45, 7) is 0.350. The molecule has 0 bridgehead atoms. The normalized spacial score (nSPS) is 15.3. The second kappa shape index (κ2) is 7.68. The number of pyridine rings is 1. The smallest absolute Gasteiger partial charge is 0.184 e. The molecule has 0 radical (unpaired) electrons. The van der Waals surface area contributed by atoms with Gasteiger partial charge in [0.15, 0.2) is 5.13 Å². The first-order valence-corrected chi connectivity index (χ1v) is 10.1. The van der Waals surface area contributed by atoms with Crippen LogP contribution in [-0.2, 0) is 6.61 Å². The van der Waals surface area contributed by atoms with Crippen molar-refractivity contribution in [2.24, 2.45) is 0 Å². The predicted molar refractivity (Wildman–Crippen MR) is 108 cm³/mol. The summed E-state index contributed by atoms with van der Waals surface area (Å²) < 4.78 is 7.00. The van der Waals surface area contributed by atoms with Gasteiger partial charge in [-0.25, -0.2) is 9.97 Å². The van der Waals surface area contributed by atoms with E-state index >= 15 is 0 Å². The second-order valence-corrected chi connectivity index (χ2v) is 7.99. The van der Waals surface area contributed by atoms with Gasteiger partial charge in [0.25, 0.3) is 0 Å². The molecule has 1 aliphatic rings. The highest BCUT2D eigenvalue weighted by Gasteiger charge is 2.15. The van der Waals surface area contributed by atoms with Gasteiger partial charge < -0.3 is 15.8 Å². The number of halogens is 1. The van der Waals surface area contributed by atoms with Crippen LogP contribution in [0, 0.1) is 0 Å². The van der Waals surface area contributed by atoms with Crippen LogP contribution in [0.4, 0.5) is 10.9 Å². The van der Waals surface area contributed by atoms with Crippen LogP contribution in [0.2, 0.25) is 5.02 Å². The second-order valence-electron chi connectivity index (χ2n) is 6.59. The number of nitrogens with zero attached hydrogens (tertiary/aromatic N) is 2. The summed E-state index contributed by atoms with van der Waals surface area (Å²) in [6, 6.07) is 8.33. The first-order chi connectivity index (χ1) is 12.7. The topological polar surface area (TPSA) is 73.1 Å². The maximum absolute atomic E-state index is 6.17. The summed E-state index contributed by atoms with van der Waals surface area (Å²) in [4.78, 5) is 8.66. The van der Waals surface area contributed by atoms with E-state index in [1.165, 1.54) is 32.1 Å². The molecular formula is C19H21ClN4OS. The van der Waals surface area contributed by atoms with Crippen LogP contribution in [0.5, 0.6) is 5.75 Å². The third-order valence-electron chi connectivity index (χ3n) is 4.68. The van der Waals surface area contributed by atoms with Crippen molar-refractivity contribution < 1.29 is 4.74 Å². The number of hydrogen-bond donors (Lipinski definition) is 2. The Bertz CT molecular complexity index is 908. The zero-order valence-electron chi connectivity index (χ0n) is 14.4. The number of nitrogens with two attached hydrogens (primary N) is 1. The lowest BCUT2D eigenvalue weighted by atomic mass is 9.96. The Morgan fingerprint density at radius 1 is 1.23 bits per heavy atom. The van der Waals surface area contributed by atoms with Gasteiger partial charge in [0.1, 0.15) is 18.2 Å². The van der Waals surface area contributed by atoms with Gasteiger partial charge in [-0.15, -0.1) is 0 Å². The third-order valence-corrected chi connectivity index (χ3v) is 6.07. The van der Waals surface area contributed by atoms with E-state index < -0.39 is 0 Å². The Balaban J connectivity index is 1.46. The highest BCUT2D eigenvalue weighted by Crippen LogP contribution is 2.32. The van der Waals surface area contributed by atoms with Crippen molar-refractivity contribution in [3.63, 3.8) is 0 Å². The molecule has 3 aromatic rings. The Morgan fingerprint density at radius 2 is 2.08 bits per heavy atom. The average Bonchev–Trinajstić information content (AvgIpc) is 3.05. The third kappa shape index (κ3) is 3.86. The van der Waals surface area contributed by atoms with E-state index in [-0.39, 0.29) is 0 Å². The number of nitrogens with one attached hydrogen (secondary N) is 1. The van der Waals surface area contributed by atoms with E-state index in [2.05, 4.69) is 10.3 Å². The van der Waals surface area contributed by atoms with Crippen molar-refractivity contribution in [2.45, 2.75) is 44.8 Å². The minimum absolute atomic E-state index is 0.323. The van der Waals surface area contributed by atoms with E-state index in [9.17, 15) is 0 Å². The van der Waals surface area contributed by atoms with Gasteiger partial charge in [-0.2, -0.15) is 0 Å². The minimum atomic E-state index is 0.323. The lowest BCUT2D eigenvalue weighted by Crippen LogP contribution is -2.21. The lowest BCUT2D eigenvalue weighted by molar-refractivity contribution is 0.306. The molecule has 0 aliphatic heterocycles. The summed E-state index contributed by atoms with van der Waals surface area (Å²) in [7, 11) is 0. The van der Waals surface area contributed by atoms with Crippen LogP contribution in [0.25, 0.3) is 10.2 Å². The fourth-order valence-electron chi connectivity index (χ4n) is 3.25. The Kier molecular flexibility index (Phi) is 5.13. The van der Waals surface area contributed by atoms with E-state index in [4.69, 9.17) is 27.1 Å². The monoisotopic (exact) mass is 388 g/mol. The number of aromatic nitrogens is 2. The van der Waals surface area contributed by atoms with Crippen LogP contribution in [-0.4, -0.2) is 16.0 Å². The number of anilines is 2. The van der Waals surface area contributed by atoms with Gasteiger partial charge in [-0.1, -0.05) is 42.2 Å². The molecule has 0 unspecified atom stereocenters. The zero-order valence-corrected chi connectivity index (χ0v) is 15.9. The van der Waals surface area contributed by atoms with Crippen molar-refractivity contribution in [3.05, 3.63) is 41.0 Å². The fourth-order valence-corrected chi connectivity index (χ4v) is 4.39. The molecule has 1 aromatic carbocycles. The van der Waals surface area contributed by atoms with Gasteiger partial charge in [0.2, 0.25) is 0 Å². The van der Waals surface area contributed by atoms with Crippen LogP contribution in [0.1, 0.15) is 37.7 Å². The van der Waals surface area contributed by atoms with E-state index in [0.29, 0.717) is 23.5 Å². The maximum Gasteiger partial charge on any atom is 0.184 e. The molecule has 5 nitrogen and oxygen atoms in total. The molecule has 0 spiro atoms. The Morgan fingerprint density at radius 3 is 2.92 bits per heavy atom. The quantitative estimate of drug-likeness (QED) is 0.624. The summed E-state index contributed by atoms with van der Waals surface area (Å²) >= 11 is 7.84. The van der Waals surface area contributed by atoms with Gasteiger partial charge in [0, 0.05) is 17.8 Å². The summed E-state index contributed by atoms with van der Waals surface area (Å²) in [6.07, 6.45) is 8.08. The van der Waals surface area contributed by atoms with Crippen LogP contribution in [0.3, 0.4) is 0 Å². The molecule has 1 fully saturated rings. The van der Waals surface area contributed by atoms with Gasteiger partial charge in [-0.05, 0) is 37.1 Å². The van der Waals surface area contributed by atoms with Gasteiger partial charge in [0.05, 0.1) is 15.2 Å². The number of nitrogen functional groups attached to an aromatic ring is 1. The molecule has 4 rings (SSSR count). The summed E-state index contributed by atoms with van der Waals surface area (Å²) in [5.41, 5.74) is 7.55. The SMILES string of the molecule is Nc1nccc(COc2ccc3nc(NC4CCCCC4)sc3c2)c1Cl. The molecular weight excluding hydrogens is 368 g/mol. The molecule has 1 aliphatic carbocycles. The average molecular weight is 389 g/mol. The van der Waals surface area contributed by atoms with Crippen molar-refractivity contribution >= 4 is 44.1 Å². The van der Waals surface area contributed by atoms with E-state index in [1.807, 2.05) is 24.3 Å². The molecule has 0 amide bonds. The van der Waals surface area contributed by atoms with E-state index in [1.54, 1.807) is 17.5 Å². The van der Waals surface area contributed by atoms with E-state index in [0.717, 1.165) is 26.7 Å². The number of benzene rings is 1. The van der Waals surface area contributed by atoms with Gasteiger partial charge in [-0.3, -0.25) is 0 Å². The molecule has 3 N–H and O–H groups in total. The Hall–Kier alpha value is -2.05. The highest BCUT2D eigenvalue weighted by molar-refractivity contribution is 7.22. The molecule has 136 valence electrons. The van der Waals surface area contributed by atoms with Gasteiger partial charge >= 0.3 is 0 Å². The lowest BCUT2D eigenvalue weighted by Gasteiger charge is -2.22. The standard InChI is InChI=1S/C19H21ClN4OS/c20-17-12(8-9-22-18(17)21)11-25-14-6-7-15-16(10-14)26-19(24-15)23-13-4-2-1-3-5-13/h6-10,13H,1-5,11H2,(H2,21,22)(H,23,24). The first kappa shape index (κ1) is 17.4. The number of ether oxygens (including phenoxy) is 1. The molecule has 26 heavy (non-hydrogen) atoms. The minimum Gasteiger partial charge on any atom is -0.489 e. The predicted octanol–water partition coefficient (Wildman–Crippen LogP) is 5.25. The molecule has 7 heteroatoms. The molecule has 2 heterocycles. The molecule has 2 aromatic heterocycles. The largest absolute Gasteiger partial charge is 0.489 e. The maximum atomic E-state index is 6.17. The molecule has 1 saturated carbocycles. The van der Waals surface area contributed by atoms with Crippen molar-refractivity contribution in [3.8, 4) is 5.75 Å². The summed E-state index contributed by atoms with van der Waals surface area (Å²) in [5.74, 6) is 1.11. The van der Waals surface area contributed by atoms with Crippen molar-refractivity contribution in [1.29, 1.82) is 0 Å². The number of thiazole rings is 1. The number of rotatable bonds is 5. The van der Waals surface area contributed by atoms with Crippen LogP contribution in [0.15, 0.2) is 30.5 Å². The van der Waals surface area contributed by atoms with Crippen molar-refractivity contribution in [1.82, 2.24) is 9.97 Å². The summed E-state index contributed by atoms with van der Waals surface area (Å²) in [5, 5.41) is 5.03. The number of fused-ring (bicyclic) bond motifs is 1. The Labute approximate surface area is 161 Å². The number of hydrogen-bond acceptors (Lipinski definition) is 6. The molecule has 0 atom stereocenters. The fraction of sp³-hybridized carbons (Fsp3) is 0.368. The zero-order chi connectivity index (χ0) is 17.9. The van der Waals surface area contributed by atoms with Crippen molar-refractivity contribution in [2.75, 3.05) is 11.1 Å². The highest BCUT2D eigenvalue weighted by atomic mass is 35.5. The first-order valence-electron chi connectivity index (χ1n) is 8.88.